The number of anilines is 1. The normalized spacial score (nSPS) is 20.4. The number of aromatic nitrogens is 4. The van der Waals surface area contributed by atoms with Crippen LogP contribution in [0.2, 0.25) is 10.0 Å². The molecule has 0 spiro atoms. The summed E-state index contributed by atoms with van der Waals surface area (Å²) in [5.74, 6) is 2.01. The number of aliphatic hydroxyl groups is 1. The van der Waals surface area contributed by atoms with Gasteiger partial charge >= 0.3 is 0 Å². The van der Waals surface area contributed by atoms with E-state index in [1.807, 2.05) is 26.8 Å². The molecule has 190 valence electrons. The maximum absolute atomic E-state index is 10.2. The Hall–Kier alpha value is -2.44. The topological polar surface area (TPSA) is 94.1 Å². The monoisotopic (exact) mass is 527 g/mol. The highest BCUT2D eigenvalue weighted by atomic mass is 35.5. The van der Waals surface area contributed by atoms with Crippen molar-refractivity contribution in [3.63, 3.8) is 0 Å². The van der Waals surface area contributed by atoms with E-state index in [0.717, 1.165) is 37.6 Å². The third-order valence-electron chi connectivity index (χ3n) is 7.33. The molecule has 1 N–H and O–H groups in total. The van der Waals surface area contributed by atoms with Crippen LogP contribution in [0.4, 0.5) is 5.82 Å². The van der Waals surface area contributed by atoms with Gasteiger partial charge in [-0.05, 0) is 69.7 Å². The van der Waals surface area contributed by atoms with Crippen LogP contribution in [0.3, 0.4) is 0 Å². The van der Waals surface area contributed by atoms with Gasteiger partial charge in [0.2, 0.25) is 0 Å². The van der Waals surface area contributed by atoms with Crippen molar-refractivity contribution in [1.29, 1.82) is 5.26 Å². The lowest BCUT2D eigenvalue weighted by atomic mass is 9.80. The van der Waals surface area contributed by atoms with E-state index < -0.39 is 5.60 Å². The van der Waals surface area contributed by atoms with Gasteiger partial charge in [0, 0.05) is 36.2 Å². The summed E-state index contributed by atoms with van der Waals surface area (Å²) in [5, 5.41) is 25.5. The first-order chi connectivity index (χ1) is 17.1. The van der Waals surface area contributed by atoms with Crippen molar-refractivity contribution in [3.05, 3.63) is 45.7 Å². The Balaban J connectivity index is 1.35. The minimum Gasteiger partial charge on any atom is -0.389 e. The predicted octanol–water partition coefficient (Wildman–Crippen LogP) is 4.53. The van der Waals surface area contributed by atoms with Gasteiger partial charge in [-0.1, -0.05) is 29.3 Å². The van der Waals surface area contributed by atoms with E-state index in [2.05, 4.69) is 26.0 Å². The quantitative estimate of drug-likeness (QED) is 0.502. The van der Waals surface area contributed by atoms with Gasteiger partial charge < -0.3 is 14.9 Å². The summed E-state index contributed by atoms with van der Waals surface area (Å²) in [6.07, 6.45) is 4.14. The molecule has 0 radical (unpaired) electrons. The van der Waals surface area contributed by atoms with Crippen molar-refractivity contribution in [2.24, 2.45) is 11.8 Å². The fourth-order valence-electron chi connectivity index (χ4n) is 5.53. The fourth-order valence-corrected chi connectivity index (χ4v) is 6.10. The number of piperidine rings is 1. The molecule has 10 heteroatoms. The van der Waals surface area contributed by atoms with Gasteiger partial charge in [-0.25, -0.2) is 14.6 Å². The van der Waals surface area contributed by atoms with Crippen LogP contribution in [0.1, 0.15) is 50.9 Å². The van der Waals surface area contributed by atoms with Gasteiger partial charge in [0.15, 0.2) is 11.3 Å². The van der Waals surface area contributed by atoms with Gasteiger partial charge in [-0.2, -0.15) is 10.4 Å². The van der Waals surface area contributed by atoms with E-state index in [9.17, 15) is 10.4 Å². The number of rotatable bonds is 6. The largest absolute Gasteiger partial charge is 0.389 e. The number of benzene rings is 1. The second-order valence-electron chi connectivity index (χ2n) is 10.8. The zero-order valence-electron chi connectivity index (χ0n) is 20.8. The molecular weight excluding hydrogens is 497 g/mol. The Kier molecular flexibility index (Phi) is 6.86. The van der Waals surface area contributed by atoms with Crippen molar-refractivity contribution in [2.45, 2.75) is 45.3 Å². The first-order valence-electron chi connectivity index (χ1n) is 12.4. The molecular formula is C26H31Cl2N7O. The van der Waals surface area contributed by atoms with E-state index in [1.54, 1.807) is 23.0 Å². The summed E-state index contributed by atoms with van der Waals surface area (Å²) < 4.78 is 1.73. The molecule has 0 saturated carbocycles. The van der Waals surface area contributed by atoms with Gasteiger partial charge in [-0.3, -0.25) is 0 Å². The Morgan fingerprint density at radius 3 is 2.69 bits per heavy atom. The summed E-state index contributed by atoms with van der Waals surface area (Å²) in [4.78, 5) is 14.1. The summed E-state index contributed by atoms with van der Waals surface area (Å²) >= 11 is 12.5. The average Bonchev–Trinajstić information content (AvgIpc) is 3.15. The molecule has 0 bridgehead atoms. The molecule has 4 heterocycles. The lowest BCUT2D eigenvalue weighted by molar-refractivity contribution is 0.0132. The Morgan fingerprint density at radius 1 is 1.22 bits per heavy atom. The predicted molar refractivity (Wildman–Crippen MR) is 141 cm³/mol. The van der Waals surface area contributed by atoms with Gasteiger partial charge in [0.1, 0.15) is 17.4 Å². The van der Waals surface area contributed by atoms with Crippen molar-refractivity contribution in [1.82, 2.24) is 24.6 Å². The van der Waals surface area contributed by atoms with E-state index in [0.29, 0.717) is 39.6 Å². The molecule has 36 heavy (non-hydrogen) atoms. The Labute approximate surface area is 221 Å². The highest BCUT2D eigenvalue weighted by Crippen LogP contribution is 2.35. The highest BCUT2D eigenvalue weighted by Gasteiger charge is 2.37. The lowest BCUT2D eigenvalue weighted by Crippen LogP contribution is -2.54. The summed E-state index contributed by atoms with van der Waals surface area (Å²) in [7, 11) is 0. The standard InChI is InChI=1S/C26H31Cl2N7O/c1-16(20-7-6-19(27)9-21(20)28)35-25-24(22(10-29)32-35)30-11-23(31-25)34-13-18(14-34)17-5-4-8-33(12-17)15-26(2,3)36/h6-7,9,11,16-18,36H,4-5,8,12-15H2,1-3H3/t16-,17-/m1/s1. The number of fused-ring (bicyclic) bond motifs is 1. The van der Waals surface area contributed by atoms with E-state index in [1.165, 1.54) is 12.8 Å². The molecule has 0 unspecified atom stereocenters. The second-order valence-corrected chi connectivity index (χ2v) is 11.6. The number of hydrogen-bond donors (Lipinski definition) is 1. The van der Waals surface area contributed by atoms with Crippen LogP contribution in [0.5, 0.6) is 0 Å². The minimum atomic E-state index is -0.669. The average molecular weight is 528 g/mol. The van der Waals surface area contributed by atoms with E-state index in [-0.39, 0.29) is 11.7 Å². The molecule has 2 aliphatic heterocycles. The van der Waals surface area contributed by atoms with Crippen molar-refractivity contribution < 1.29 is 5.11 Å². The lowest BCUT2D eigenvalue weighted by Gasteiger charge is -2.47. The summed E-state index contributed by atoms with van der Waals surface area (Å²) in [5.41, 5.74) is 1.48. The number of likely N-dealkylation sites (tertiary alicyclic amines) is 1. The van der Waals surface area contributed by atoms with Crippen LogP contribution in [0.15, 0.2) is 24.4 Å². The second kappa shape index (κ2) is 9.79. The molecule has 5 rings (SSSR count). The summed E-state index contributed by atoms with van der Waals surface area (Å²) in [6.45, 7) is 10.4. The maximum Gasteiger partial charge on any atom is 0.190 e. The highest BCUT2D eigenvalue weighted by molar-refractivity contribution is 6.35. The first kappa shape index (κ1) is 25.2. The van der Waals surface area contributed by atoms with Crippen molar-refractivity contribution in [3.8, 4) is 6.07 Å². The first-order valence-corrected chi connectivity index (χ1v) is 13.2. The molecule has 0 amide bonds. The molecule has 2 aliphatic rings. The van der Waals surface area contributed by atoms with Crippen molar-refractivity contribution >= 4 is 40.2 Å². The van der Waals surface area contributed by atoms with Crippen LogP contribution >= 0.6 is 23.2 Å². The number of nitrogens with zero attached hydrogens (tertiary/aromatic N) is 7. The summed E-state index contributed by atoms with van der Waals surface area (Å²) in [6, 6.07) is 7.26. The van der Waals surface area contributed by atoms with Gasteiger partial charge in [0.25, 0.3) is 0 Å². The Bertz CT molecular complexity index is 1310. The zero-order valence-corrected chi connectivity index (χ0v) is 22.3. The molecule has 0 aliphatic carbocycles. The van der Waals surface area contributed by atoms with Crippen LogP contribution in [0, 0.1) is 23.2 Å². The third-order valence-corrected chi connectivity index (χ3v) is 7.89. The molecule has 3 aromatic rings. The third kappa shape index (κ3) is 5.03. The number of β-amino-alcohol motifs (C(OH)–C–C–N with tert-alkyl or cyclic N) is 1. The van der Waals surface area contributed by atoms with Gasteiger partial charge in [0.05, 0.1) is 17.8 Å². The van der Waals surface area contributed by atoms with Crippen LogP contribution < -0.4 is 4.90 Å². The van der Waals surface area contributed by atoms with Crippen LogP contribution in [-0.4, -0.2) is 68.1 Å². The molecule has 2 atom stereocenters. The number of halogens is 2. The zero-order chi connectivity index (χ0) is 25.6. The van der Waals surface area contributed by atoms with E-state index in [4.69, 9.17) is 28.2 Å². The molecule has 8 nitrogen and oxygen atoms in total. The minimum absolute atomic E-state index is 0.247. The SMILES string of the molecule is C[C@H](c1ccc(Cl)cc1Cl)n1nc(C#N)c2ncc(N3CC([C@@H]4CCCN(CC(C)(C)O)C4)C3)nc21. The molecule has 2 saturated heterocycles. The van der Waals surface area contributed by atoms with E-state index >= 15 is 0 Å². The fraction of sp³-hybridized carbons (Fsp3) is 0.538. The number of nitriles is 1. The number of hydrogen-bond acceptors (Lipinski definition) is 7. The Morgan fingerprint density at radius 2 is 2.00 bits per heavy atom. The molecule has 1 aromatic carbocycles. The van der Waals surface area contributed by atoms with Crippen LogP contribution in [-0.2, 0) is 0 Å². The van der Waals surface area contributed by atoms with Gasteiger partial charge in [-0.15, -0.1) is 0 Å². The smallest absolute Gasteiger partial charge is 0.190 e. The van der Waals surface area contributed by atoms with Crippen LogP contribution in [0.25, 0.3) is 11.2 Å². The molecule has 2 fully saturated rings. The molecule has 2 aromatic heterocycles. The van der Waals surface area contributed by atoms with Crippen molar-refractivity contribution in [2.75, 3.05) is 37.6 Å². The maximum atomic E-state index is 10.2.